The number of ketones is 1. The van der Waals surface area contributed by atoms with Crippen molar-refractivity contribution >= 4 is 27.7 Å². The van der Waals surface area contributed by atoms with Crippen molar-refractivity contribution in [3.8, 4) is 0 Å². The fourth-order valence-electron chi connectivity index (χ4n) is 0.315. The molecular weight excluding hydrogens is 200 g/mol. The van der Waals surface area contributed by atoms with E-state index in [2.05, 4.69) is 15.9 Å². The molecule has 1 N–H and O–H groups in total. The third kappa shape index (κ3) is 2.31. The Labute approximate surface area is 66.9 Å². The third-order valence-corrected chi connectivity index (χ3v) is 1.98. The van der Waals surface area contributed by atoms with Crippen LogP contribution < -0.4 is 0 Å². The molecule has 0 saturated heterocycles. The Kier molecular flexibility index (Phi) is 3.28. The number of aliphatic carboxylic acids is 1. The molecule has 0 atom stereocenters. The van der Waals surface area contributed by atoms with Crippen LogP contribution in [0.25, 0.3) is 0 Å². The minimum absolute atomic E-state index is 0.0694. The van der Waals surface area contributed by atoms with Gasteiger partial charge in [-0.15, -0.1) is 0 Å². The molecule has 0 rings (SSSR count). The average molecular weight is 207 g/mol. The van der Waals surface area contributed by atoms with Crippen LogP contribution in [0.3, 0.4) is 0 Å². The highest BCUT2D eigenvalue weighted by Crippen LogP contribution is 2.11. The van der Waals surface area contributed by atoms with Crippen molar-refractivity contribution in [3.63, 3.8) is 0 Å². The maximum absolute atomic E-state index is 10.5. The Balaban J connectivity index is 4.67. The van der Waals surface area contributed by atoms with E-state index in [4.69, 9.17) is 5.11 Å². The number of carboxylic acid groups (broad SMARTS) is 1. The van der Waals surface area contributed by atoms with Crippen LogP contribution >= 0.6 is 15.9 Å². The highest BCUT2D eigenvalue weighted by atomic mass is 79.9. The summed E-state index contributed by atoms with van der Waals surface area (Å²) < 4.78 is -0.0694. The van der Waals surface area contributed by atoms with Crippen molar-refractivity contribution in [2.45, 2.75) is 13.8 Å². The van der Waals surface area contributed by atoms with E-state index in [-0.39, 0.29) is 15.8 Å². The highest BCUT2D eigenvalue weighted by molar-refractivity contribution is 9.12. The second-order valence-corrected chi connectivity index (χ2v) is 2.59. The lowest BCUT2D eigenvalue weighted by molar-refractivity contribution is -0.132. The molecular formula is C6H7BrO3. The van der Waals surface area contributed by atoms with Crippen LogP contribution in [0, 0.1) is 0 Å². The van der Waals surface area contributed by atoms with Crippen molar-refractivity contribution in [2.24, 2.45) is 0 Å². The van der Waals surface area contributed by atoms with E-state index < -0.39 is 5.97 Å². The van der Waals surface area contributed by atoms with Crippen LogP contribution in [0.15, 0.2) is 10.1 Å². The minimum Gasteiger partial charge on any atom is -0.477 e. The monoisotopic (exact) mass is 206 g/mol. The first-order chi connectivity index (χ1) is 4.46. The lowest BCUT2D eigenvalue weighted by Crippen LogP contribution is -2.02. The van der Waals surface area contributed by atoms with Gasteiger partial charge < -0.3 is 5.11 Å². The number of carbonyl (C=O) groups excluding carboxylic acids is 1. The van der Waals surface area contributed by atoms with Gasteiger partial charge in [0.15, 0.2) is 5.78 Å². The Morgan fingerprint density at radius 2 is 1.70 bits per heavy atom. The second kappa shape index (κ2) is 3.51. The van der Waals surface area contributed by atoms with Crippen LogP contribution in [-0.4, -0.2) is 16.9 Å². The minimum atomic E-state index is -1.12. The highest BCUT2D eigenvalue weighted by Gasteiger charge is 2.09. The molecule has 0 aromatic carbocycles. The summed E-state index contributed by atoms with van der Waals surface area (Å²) in [5.74, 6) is -1.36. The number of hydrogen-bond acceptors (Lipinski definition) is 2. The second-order valence-electron chi connectivity index (χ2n) is 1.80. The molecule has 0 aromatic heterocycles. The lowest BCUT2D eigenvalue weighted by Gasteiger charge is -1.94. The molecule has 4 heteroatoms. The summed E-state index contributed by atoms with van der Waals surface area (Å²) in [7, 11) is 0. The van der Waals surface area contributed by atoms with Gasteiger partial charge in [0.05, 0.1) is 0 Å². The first kappa shape index (κ1) is 9.36. The van der Waals surface area contributed by atoms with E-state index in [0.29, 0.717) is 0 Å². The number of halogens is 1. The number of carbonyl (C=O) groups is 2. The van der Waals surface area contributed by atoms with Gasteiger partial charge in [-0.25, -0.2) is 4.79 Å². The Bertz CT molecular complexity index is 183. The van der Waals surface area contributed by atoms with Gasteiger partial charge in [0, 0.05) is 5.57 Å². The smallest absolute Gasteiger partial charge is 0.343 e. The van der Waals surface area contributed by atoms with E-state index in [1.165, 1.54) is 13.8 Å². The SMILES string of the molecule is CC(=O)/C(C)=C(\Br)C(=O)O. The summed E-state index contributed by atoms with van der Waals surface area (Å²) in [5, 5.41) is 8.34. The van der Waals surface area contributed by atoms with Gasteiger partial charge in [-0.2, -0.15) is 0 Å². The van der Waals surface area contributed by atoms with E-state index in [9.17, 15) is 9.59 Å². The summed E-state index contributed by atoms with van der Waals surface area (Å²) in [6.45, 7) is 2.78. The molecule has 10 heavy (non-hydrogen) atoms. The zero-order chi connectivity index (χ0) is 8.31. The van der Waals surface area contributed by atoms with Crippen LogP contribution in [0.1, 0.15) is 13.8 Å². The van der Waals surface area contributed by atoms with Gasteiger partial charge in [-0.3, -0.25) is 4.79 Å². The molecule has 0 saturated carbocycles. The molecule has 0 spiro atoms. The average Bonchev–Trinajstić information content (AvgIpc) is 1.84. The molecule has 0 aliphatic carbocycles. The maximum atomic E-state index is 10.5. The molecule has 0 aromatic rings. The van der Waals surface area contributed by atoms with Crippen LogP contribution in [0.4, 0.5) is 0 Å². The molecule has 0 heterocycles. The first-order valence-corrected chi connectivity index (χ1v) is 3.36. The predicted octanol–water partition coefficient (Wildman–Crippen LogP) is 1.33. The van der Waals surface area contributed by atoms with Crippen molar-refractivity contribution in [1.82, 2.24) is 0 Å². The molecule has 0 unspecified atom stereocenters. The normalized spacial score (nSPS) is 12.3. The van der Waals surface area contributed by atoms with Gasteiger partial charge in [-0.05, 0) is 29.8 Å². The van der Waals surface area contributed by atoms with E-state index in [0.717, 1.165) is 0 Å². The van der Waals surface area contributed by atoms with Gasteiger partial charge in [0.1, 0.15) is 4.48 Å². The standard InChI is InChI=1S/C6H7BrO3/c1-3(4(2)8)5(7)6(9)10/h1-2H3,(H,9,10)/b5-3-. The molecule has 0 radical (unpaired) electrons. The summed E-state index contributed by atoms with van der Waals surface area (Å²) in [4.78, 5) is 20.7. The number of rotatable bonds is 2. The molecule has 0 amide bonds. The first-order valence-electron chi connectivity index (χ1n) is 2.57. The van der Waals surface area contributed by atoms with Crippen molar-refractivity contribution in [1.29, 1.82) is 0 Å². The lowest BCUT2D eigenvalue weighted by atomic mass is 10.2. The zero-order valence-corrected chi connectivity index (χ0v) is 7.23. The van der Waals surface area contributed by atoms with Gasteiger partial charge in [0.25, 0.3) is 0 Å². The molecule has 0 aliphatic heterocycles. The summed E-state index contributed by atoms with van der Waals surface area (Å²) >= 11 is 2.77. The van der Waals surface area contributed by atoms with Crippen molar-refractivity contribution in [3.05, 3.63) is 10.1 Å². The fourth-order valence-corrected chi connectivity index (χ4v) is 0.594. The predicted molar refractivity (Wildman–Crippen MR) is 39.9 cm³/mol. The van der Waals surface area contributed by atoms with Crippen LogP contribution in [0.5, 0.6) is 0 Å². The third-order valence-electron chi connectivity index (χ3n) is 1.05. The van der Waals surface area contributed by atoms with Crippen molar-refractivity contribution < 1.29 is 14.7 Å². The van der Waals surface area contributed by atoms with Crippen LogP contribution in [-0.2, 0) is 9.59 Å². The number of allylic oxidation sites excluding steroid dienone is 1. The zero-order valence-electron chi connectivity index (χ0n) is 5.64. The molecule has 0 fully saturated rings. The van der Waals surface area contributed by atoms with Gasteiger partial charge in [0.2, 0.25) is 0 Å². The Hall–Kier alpha value is -0.640. The quantitative estimate of drug-likeness (QED) is 0.694. The molecule has 0 bridgehead atoms. The van der Waals surface area contributed by atoms with Gasteiger partial charge in [-0.1, -0.05) is 0 Å². The number of Topliss-reactive ketones (excluding diaryl/α,β-unsaturated/α-hetero) is 1. The Morgan fingerprint density at radius 1 is 1.30 bits per heavy atom. The number of carboxylic acids is 1. The maximum Gasteiger partial charge on any atom is 0.343 e. The van der Waals surface area contributed by atoms with Crippen molar-refractivity contribution in [2.75, 3.05) is 0 Å². The molecule has 56 valence electrons. The Morgan fingerprint density at radius 3 is 1.80 bits per heavy atom. The van der Waals surface area contributed by atoms with E-state index in [1.54, 1.807) is 0 Å². The van der Waals surface area contributed by atoms with E-state index in [1.807, 2.05) is 0 Å². The topological polar surface area (TPSA) is 54.4 Å². The fraction of sp³-hybridized carbons (Fsp3) is 0.333. The van der Waals surface area contributed by atoms with E-state index >= 15 is 0 Å². The van der Waals surface area contributed by atoms with Crippen LogP contribution in [0.2, 0.25) is 0 Å². The number of hydrogen-bond donors (Lipinski definition) is 1. The molecule has 0 aliphatic rings. The summed E-state index contributed by atoms with van der Waals surface area (Å²) in [6, 6.07) is 0. The largest absolute Gasteiger partial charge is 0.477 e. The van der Waals surface area contributed by atoms with Gasteiger partial charge >= 0.3 is 5.97 Å². The summed E-state index contributed by atoms with van der Waals surface area (Å²) in [6.07, 6.45) is 0. The summed E-state index contributed by atoms with van der Waals surface area (Å²) in [5.41, 5.74) is 0.229. The molecule has 3 nitrogen and oxygen atoms in total.